The number of nitrogens with one attached hydrogen (secondary N) is 1. The lowest BCUT2D eigenvalue weighted by molar-refractivity contribution is -0.119. The van der Waals surface area contributed by atoms with E-state index in [4.69, 9.17) is 4.74 Å². The van der Waals surface area contributed by atoms with E-state index >= 15 is 0 Å². The quantitative estimate of drug-likeness (QED) is 0.514. The Kier molecular flexibility index (Phi) is 7.25. The van der Waals surface area contributed by atoms with Gasteiger partial charge in [-0.05, 0) is 48.6 Å². The van der Waals surface area contributed by atoms with Gasteiger partial charge in [-0.2, -0.15) is 0 Å². The second-order valence-electron chi connectivity index (χ2n) is 7.82. The fourth-order valence-electron chi connectivity index (χ4n) is 4.19. The number of carbonyl (C=O) groups is 1. The molecule has 1 fully saturated rings. The maximum Gasteiger partial charge on any atom is 0.230 e. The number of methoxy groups -OCH3 is 1. The highest BCUT2D eigenvalue weighted by atomic mass is 32.2. The van der Waals surface area contributed by atoms with Crippen molar-refractivity contribution in [1.82, 2.24) is 20.1 Å². The van der Waals surface area contributed by atoms with Crippen LogP contribution in [0.4, 0.5) is 0 Å². The van der Waals surface area contributed by atoms with Gasteiger partial charge in [0.05, 0.1) is 18.9 Å². The fourth-order valence-corrected chi connectivity index (χ4v) is 4.93. The number of ether oxygens (including phenoxy) is 1. The molecule has 7 heteroatoms. The molecular weight excluding hydrogens is 408 g/mol. The number of aromatic nitrogens is 3. The van der Waals surface area contributed by atoms with E-state index in [2.05, 4.69) is 27.6 Å². The minimum atomic E-state index is 0.0220. The molecule has 1 saturated carbocycles. The van der Waals surface area contributed by atoms with Crippen molar-refractivity contribution >= 4 is 17.7 Å². The minimum absolute atomic E-state index is 0.0220. The number of hydrogen-bond acceptors (Lipinski definition) is 5. The lowest BCUT2D eigenvalue weighted by atomic mass is 9.81. The van der Waals surface area contributed by atoms with Crippen LogP contribution >= 0.6 is 11.8 Å². The smallest absolute Gasteiger partial charge is 0.230 e. The minimum Gasteiger partial charge on any atom is -0.497 e. The van der Waals surface area contributed by atoms with Crippen molar-refractivity contribution in [1.29, 1.82) is 0 Å². The van der Waals surface area contributed by atoms with Gasteiger partial charge in [0.1, 0.15) is 12.1 Å². The molecule has 6 nitrogen and oxygen atoms in total. The Morgan fingerprint density at radius 1 is 1.13 bits per heavy atom. The summed E-state index contributed by atoms with van der Waals surface area (Å²) in [5.41, 5.74) is 2.12. The largest absolute Gasteiger partial charge is 0.497 e. The van der Waals surface area contributed by atoms with Gasteiger partial charge in [0, 0.05) is 5.69 Å². The van der Waals surface area contributed by atoms with Crippen molar-refractivity contribution in [3.8, 4) is 11.4 Å². The second kappa shape index (κ2) is 10.5. The third kappa shape index (κ3) is 5.47. The normalized spacial score (nSPS) is 15.4. The predicted octanol–water partition coefficient (Wildman–Crippen LogP) is 4.81. The molecule has 1 unspecified atom stereocenters. The van der Waals surface area contributed by atoms with Gasteiger partial charge in [-0.15, -0.1) is 10.2 Å². The van der Waals surface area contributed by atoms with Crippen LogP contribution in [0.3, 0.4) is 0 Å². The van der Waals surface area contributed by atoms with Crippen molar-refractivity contribution in [3.63, 3.8) is 0 Å². The Morgan fingerprint density at radius 3 is 2.58 bits per heavy atom. The van der Waals surface area contributed by atoms with E-state index in [1.807, 2.05) is 47.0 Å². The molecule has 1 aliphatic rings. The van der Waals surface area contributed by atoms with Gasteiger partial charge < -0.3 is 10.1 Å². The molecule has 1 N–H and O–H groups in total. The number of amides is 1. The van der Waals surface area contributed by atoms with Crippen molar-refractivity contribution in [2.75, 3.05) is 12.9 Å². The highest BCUT2D eigenvalue weighted by Gasteiger charge is 2.26. The van der Waals surface area contributed by atoms with E-state index in [0.717, 1.165) is 11.4 Å². The van der Waals surface area contributed by atoms with Crippen LogP contribution in [0.5, 0.6) is 5.75 Å². The summed E-state index contributed by atoms with van der Waals surface area (Å²) >= 11 is 1.40. The third-order valence-corrected chi connectivity index (χ3v) is 6.74. The van der Waals surface area contributed by atoms with Crippen molar-refractivity contribution < 1.29 is 9.53 Å². The third-order valence-electron chi connectivity index (χ3n) is 5.80. The molecular formula is C24H28N4O2S. The molecule has 4 rings (SSSR count). The zero-order valence-electron chi connectivity index (χ0n) is 17.7. The summed E-state index contributed by atoms with van der Waals surface area (Å²) in [7, 11) is 1.64. The first kappa shape index (κ1) is 21.4. The van der Waals surface area contributed by atoms with E-state index in [9.17, 15) is 4.79 Å². The number of rotatable bonds is 8. The fraction of sp³-hybridized carbons (Fsp3) is 0.375. The SMILES string of the molecule is COc1ccc(-n2cnnc2SCC(=O)NC(c2ccccc2)C2CCCCC2)cc1. The highest BCUT2D eigenvalue weighted by molar-refractivity contribution is 7.99. The maximum absolute atomic E-state index is 12.9. The Hall–Kier alpha value is -2.80. The van der Waals surface area contributed by atoms with Crippen LogP contribution in [-0.4, -0.2) is 33.5 Å². The van der Waals surface area contributed by atoms with Gasteiger partial charge in [-0.25, -0.2) is 0 Å². The topological polar surface area (TPSA) is 69.0 Å². The summed E-state index contributed by atoms with van der Waals surface area (Å²) in [5.74, 6) is 1.60. The van der Waals surface area contributed by atoms with E-state index in [0.29, 0.717) is 16.8 Å². The first-order valence-electron chi connectivity index (χ1n) is 10.8. The first-order chi connectivity index (χ1) is 15.2. The van der Waals surface area contributed by atoms with E-state index in [1.54, 1.807) is 13.4 Å². The van der Waals surface area contributed by atoms with Gasteiger partial charge in [-0.3, -0.25) is 9.36 Å². The van der Waals surface area contributed by atoms with Crippen LogP contribution in [0.1, 0.15) is 43.7 Å². The molecule has 0 saturated heterocycles. The maximum atomic E-state index is 12.9. The van der Waals surface area contributed by atoms with Gasteiger partial charge in [-0.1, -0.05) is 61.4 Å². The van der Waals surface area contributed by atoms with Gasteiger partial charge in [0.15, 0.2) is 5.16 Å². The van der Waals surface area contributed by atoms with E-state index in [1.165, 1.54) is 49.4 Å². The van der Waals surface area contributed by atoms with Crippen LogP contribution in [0.2, 0.25) is 0 Å². The van der Waals surface area contributed by atoms with Crippen LogP contribution in [0, 0.1) is 5.92 Å². The molecule has 2 aromatic carbocycles. The summed E-state index contributed by atoms with van der Waals surface area (Å²) in [5, 5.41) is 12.2. The Bertz CT molecular complexity index is 969. The average Bonchev–Trinajstić information content (AvgIpc) is 3.31. The molecule has 1 aromatic heterocycles. The standard InChI is InChI=1S/C24H28N4O2S/c1-30-21-14-12-20(13-15-21)28-17-25-27-24(28)31-16-22(29)26-23(18-8-4-2-5-9-18)19-10-6-3-7-11-19/h2,4-5,8-9,12-15,17,19,23H,3,6-7,10-11,16H2,1H3,(H,26,29). The number of hydrogen-bond donors (Lipinski definition) is 1. The van der Waals surface area contributed by atoms with E-state index in [-0.39, 0.29) is 11.9 Å². The summed E-state index contributed by atoms with van der Waals surface area (Å²) < 4.78 is 7.10. The number of carbonyl (C=O) groups excluding carboxylic acids is 1. The molecule has 3 aromatic rings. The molecule has 1 aliphatic carbocycles. The van der Waals surface area contributed by atoms with Crippen LogP contribution < -0.4 is 10.1 Å². The predicted molar refractivity (Wildman–Crippen MR) is 123 cm³/mol. The van der Waals surface area contributed by atoms with Gasteiger partial charge in [0.2, 0.25) is 5.91 Å². The summed E-state index contributed by atoms with van der Waals surface area (Å²) in [4.78, 5) is 12.9. The zero-order chi connectivity index (χ0) is 21.5. The number of benzene rings is 2. The van der Waals surface area contributed by atoms with Gasteiger partial charge >= 0.3 is 0 Å². The number of thioether (sulfide) groups is 1. The van der Waals surface area contributed by atoms with Crippen molar-refractivity contribution in [2.24, 2.45) is 5.92 Å². The zero-order valence-corrected chi connectivity index (χ0v) is 18.6. The molecule has 31 heavy (non-hydrogen) atoms. The van der Waals surface area contributed by atoms with Crippen LogP contribution in [0.25, 0.3) is 5.69 Å². The Labute approximate surface area is 187 Å². The summed E-state index contributed by atoms with van der Waals surface area (Å²) in [6.45, 7) is 0. The van der Waals surface area contributed by atoms with Crippen LogP contribution in [0.15, 0.2) is 66.1 Å². The second-order valence-corrected chi connectivity index (χ2v) is 8.77. The van der Waals surface area contributed by atoms with Gasteiger partial charge in [0.25, 0.3) is 0 Å². The van der Waals surface area contributed by atoms with Crippen molar-refractivity contribution in [3.05, 3.63) is 66.5 Å². The highest BCUT2D eigenvalue weighted by Crippen LogP contribution is 2.34. The lowest BCUT2D eigenvalue weighted by Crippen LogP contribution is -2.35. The van der Waals surface area contributed by atoms with Crippen LogP contribution in [-0.2, 0) is 4.79 Å². The van der Waals surface area contributed by atoms with E-state index < -0.39 is 0 Å². The first-order valence-corrected chi connectivity index (χ1v) is 11.7. The van der Waals surface area contributed by atoms with Crippen molar-refractivity contribution in [2.45, 2.75) is 43.3 Å². The molecule has 1 amide bonds. The summed E-state index contributed by atoms with van der Waals surface area (Å²) in [6.07, 6.45) is 7.77. The number of nitrogens with zero attached hydrogens (tertiary/aromatic N) is 3. The Morgan fingerprint density at radius 2 is 1.87 bits per heavy atom. The Balaban J connectivity index is 1.41. The monoisotopic (exact) mass is 436 g/mol. The lowest BCUT2D eigenvalue weighted by Gasteiger charge is -2.31. The molecule has 0 aliphatic heterocycles. The summed E-state index contributed by atoms with van der Waals surface area (Å²) in [6, 6.07) is 18.1. The molecule has 1 atom stereocenters. The molecule has 0 bridgehead atoms. The molecule has 0 radical (unpaired) electrons. The average molecular weight is 437 g/mol. The molecule has 1 heterocycles. The molecule has 162 valence electrons. The molecule has 0 spiro atoms.